The molecule has 0 atom stereocenters. The Balaban J connectivity index is 1.68. The average Bonchev–Trinajstić information content (AvgIpc) is 3.25. The van der Waals surface area contributed by atoms with Gasteiger partial charge in [0, 0.05) is 0 Å². The van der Waals surface area contributed by atoms with Crippen molar-refractivity contribution >= 4 is 22.6 Å². The van der Waals surface area contributed by atoms with Crippen LogP contribution in [0, 0.1) is 0 Å². The van der Waals surface area contributed by atoms with E-state index in [1.807, 2.05) is 30.5 Å². The van der Waals surface area contributed by atoms with E-state index in [1.54, 1.807) is 24.3 Å². The van der Waals surface area contributed by atoms with Gasteiger partial charge in [0.1, 0.15) is 22.5 Å². The Kier molecular flexibility index (Phi) is 3.62. The normalized spacial score (nSPS) is 11.1. The highest BCUT2D eigenvalue weighted by molar-refractivity contribution is 6.33. The molecule has 0 aliphatic carbocycles. The molecule has 3 heterocycles. The van der Waals surface area contributed by atoms with Gasteiger partial charge in [-0.15, -0.1) is 0 Å². The van der Waals surface area contributed by atoms with Gasteiger partial charge in [0.15, 0.2) is 11.0 Å². The third-order valence-corrected chi connectivity index (χ3v) is 3.87. The molecule has 0 fully saturated rings. The third-order valence-electron chi connectivity index (χ3n) is 3.61. The van der Waals surface area contributed by atoms with E-state index in [2.05, 4.69) is 25.0 Å². The van der Waals surface area contributed by atoms with E-state index < -0.39 is 0 Å². The molecule has 0 bridgehead atoms. The Bertz CT molecular complexity index is 978. The zero-order valence-corrected chi connectivity index (χ0v) is 13.5. The number of fused-ring (bicyclic) bond motifs is 1. The number of hydrogen-bond donors (Lipinski definition) is 1. The molecule has 4 rings (SSSR count). The minimum absolute atomic E-state index is 0.318. The van der Waals surface area contributed by atoms with Crippen LogP contribution in [0.3, 0.4) is 0 Å². The minimum atomic E-state index is 0.318. The molecule has 8 heteroatoms. The quantitative estimate of drug-likeness (QED) is 0.578. The highest BCUT2D eigenvalue weighted by Gasteiger charge is 2.12. The van der Waals surface area contributed by atoms with Crippen molar-refractivity contribution in [1.29, 1.82) is 0 Å². The average molecular weight is 341 g/mol. The maximum absolute atomic E-state index is 6.26. The van der Waals surface area contributed by atoms with Gasteiger partial charge >= 0.3 is 0 Å². The van der Waals surface area contributed by atoms with Crippen molar-refractivity contribution in [3.63, 3.8) is 0 Å². The number of benzene rings is 1. The first-order valence-corrected chi connectivity index (χ1v) is 7.63. The van der Waals surface area contributed by atoms with E-state index in [-0.39, 0.29) is 0 Å². The maximum Gasteiger partial charge on any atom is 0.179 e. The molecule has 0 aliphatic heterocycles. The molecule has 1 N–H and O–H groups in total. The number of halogens is 1. The molecule has 0 aliphatic rings. The standard InChI is InChI=1S/C16H13ClN6O/c1-24-11-4-2-10(3-5-11)7-23-8-13-14(22-23)15(17)21-16(20-13)12-6-18-9-19-12/h2-6,8-9H,7H2,1H3,(H,18,19). The van der Waals surface area contributed by atoms with E-state index in [1.165, 1.54) is 0 Å². The van der Waals surface area contributed by atoms with E-state index in [0.717, 1.165) is 11.3 Å². The Morgan fingerprint density at radius 3 is 2.75 bits per heavy atom. The van der Waals surface area contributed by atoms with Crippen LogP contribution in [0.4, 0.5) is 0 Å². The molecule has 0 saturated heterocycles. The number of aromatic nitrogens is 6. The first-order valence-electron chi connectivity index (χ1n) is 7.25. The number of methoxy groups -OCH3 is 1. The van der Waals surface area contributed by atoms with Gasteiger partial charge in [-0.05, 0) is 17.7 Å². The Morgan fingerprint density at radius 2 is 2.04 bits per heavy atom. The van der Waals surface area contributed by atoms with Crippen LogP contribution in [0.15, 0.2) is 43.0 Å². The summed E-state index contributed by atoms with van der Waals surface area (Å²) in [6, 6.07) is 7.83. The molecule has 4 aromatic rings. The number of H-pyrrole nitrogens is 1. The van der Waals surface area contributed by atoms with Gasteiger partial charge in [-0.25, -0.2) is 15.0 Å². The summed E-state index contributed by atoms with van der Waals surface area (Å²) in [5.41, 5.74) is 3.07. The number of rotatable bonds is 4. The minimum Gasteiger partial charge on any atom is -0.497 e. The fourth-order valence-corrected chi connectivity index (χ4v) is 2.64. The van der Waals surface area contributed by atoms with Crippen molar-refractivity contribution in [3.8, 4) is 17.3 Å². The second-order valence-corrected chi connectivity index (χ2v) is 5.57. The number of nitrogens with zero attached hydrogens (tertiary/aromatic N) is 5. The lowest BCUT2D eigenvalue weighted by Gasteiger charge is -2.03. The number of aromatic amines is 1. The summed E-state index contributed by atoms with van der Waals surface area (Å²) < 4.78 is 6.96. The Morgan fingerprint density at radius 1 is 1.21 bits per heavy atom. The number of hydrogen-bond acceptors (Lipinski definition) is 5. The summed E-state index contributed by atoms with van der Waals surface area (Å²) in [6.45, 7) is 0.607. The lowest BCUT2D eigenvalue weighted by atomic mass is 10.2. The third kappa shape index (κ3) is 2.69. The molecule has 7 nitrogen and oxygen atoms in total. The highest BCUT2D eigenvalue weighted by atomic mass is 35.5. The van der Waals surface area contributed by atoms with Crippen LogP contribution >= 0.6 is 11.6 Å². The number of nitrogens with one attached hydrogen (secondary N) is 1. The molecule has 0 amide bonds. The molecule has 0 spiro atoms. The zero-order chi connectivity index (χ0) is 16.5. The first-order chi connectivity index (χ1) is 11.7. The van der Waals surface area contributed by atoms with Crippen LogP contribution in [0.2, 0.25) is 5.15 Å². The second kappa shape index (κ2) is 5.93. The predicted molar refractivity (Wildman–Crippen MR) is 90.0 cm³/mol. The van der Waals surface area contributed by atoms with Crippen LogP contribution in [-0.4, -0.2) is 36.8 Å². The van der Waals surface area contributed by atoms with E-state index in [9.17, 15) is 0 Å². The summed E-state index contributed by atoms with van der Waals surface area (Å²) in [6.07, 6.45) is 5.08. The smallest absolute Gasteiger partial charge is 0.179 e. The van der Waals surface area contributed by atoms with Crippen LogP contribution in [-0.2, 0) is 6.54 Å². The molecule has 0 saturated carbocycles. The molecule has 120 valence electrons. The van der Waals surface area contributed by atoms with Crippen LogP contribution < -0.4 is 4.74 Å². The largest absolute Gasteiger partial charge is 0.497 e. The van der Waals surface area contributed by atoms with E-state index >= 15 is 0 Å². The molecular weight excluding hydrogens is 328 g/mol. The van der Waals surface area contributed by atoms with Crippen LogP contribution in [0.5, 0.6) is 5.75 Å². The monoisotopic (exact) mass is 340 g/mol. The molecule has 0 radical (unpaired) electrons. The van der Waals surface area contributed by atoms with Crippen molar-refractivity contribution in [2.24, 2.45) is 0 Å². The summed E-state index contributed by atoms with van der Waals surface area (Å²) in [4.78, 5) is 15.7. The van der Waals surface area contributed by atoms with Crippen molar-refractivity contribution in [2.75, 3.05) is 7.11 Å². The second-order valence-electron chi connectivity index (χ2n) is 5.21. The van der Waals surface area contributed by atoms with Crippen LogP contribution in [0.25, 0.3) is 22.6 Å². The fourth-order valence-electron chi connectivity index (χ4n) is 2.42. The first kappa shape index (κ1) is 14.6. The highest BCUT2D eigenvalue weighted by Crippen LogP contribution is 2.23. The maximum atomic E-state index is 6.26. The van der Waals surface area contributed by atoms with Crippen molar-refractivity contribution < 1.29 is 4.74 Å². The fraction of sp³-hybridized carbons (Fsp3) is 0.125. The van der Waals surface area contributed by atoms with Gasteiger partial charge in [-0.2, -0.15) is 5.10 Å². The summed E-state index contributed by atoms with van der Waals surface area (Å²) in [5.74, 6) is 1.32. The molecule has 1 aromatic carbocycles. The van der Waals surface area contributed by atoms with E-state index in [0.29, 0.717) is 34.2 Å². The summed E-state index contributed by atoms with van der Waals surface area (Å²) in [7, 11) is 1.65. The molecule has 24 heavy (non-hydrogen) atoms. The van der Waals surface area contributed by atoms with Crippen molar-refractivity contribution in [1.82, 2.24) is 29.7 Å². The molecule has 0 unspecified atom stereocenters. The number of ether oxygens (including phenoxy) is 1. The predicted octanol–water partition coefficient (Wildman–Crippen LogP) is 2.93. The molecular formula is C16H13ClN6O. The van der Waals surface area contributed by atoms with Gasteiger partial charge in [-0.3, -0.25) is 4.68 Å². The SMILES string of the molecule is COc1ccc(Cn2cc3nc(-c4cnc[nH]4)nc(Cl)c3n2)cc1. The summed E-state index contributed by atoms with van der Waals surface area (Å²) in [5, 5.41) is 4.79. The van der Waals surface area contributed by atoms with Gasteiger partial charge in [0.05, 0.1) is 32.4 Å². The van der Waals surface area contributed by atoms with E-state index in [4.69, 9.17) is 16.3 Å². The Labute approximate surface area is 142 Å². The number of imidazole rings is 1. The summed E-state index contributed by atoms with van der Waals surface area (Å²) >= 11 is 6.26. The van der Waals surface area contributed by atoms with Gasteiger partial charge < -0.3 is 9.72 Å². The Hall–Kier alpha value is -2.93. The lowest BCUT2D eigenvalue weighted by molar-refractivity contribution is 0.414. The molecule has 3 aromatic heterocycles. The van der Waals surface area contributed by atoms with Crippen LogP contribution in [0.1, 0.15) is 5.56 Å². The topological polar surface area (TPSA) is 81.5 Å². The van der Waals surface area contributed by atoms with Gasteiger partial charge in [0.2, 0.25) is 0 Å². The van der Waals surface area contributed by atoms with Crippen molar-refractivity contribution in [2.45, 2.75) is 6.54 Å². The lowest BCUT2D eigenvalue weighted by Crippen LogP contribution is -1.99. The van der Waals surface area contributed by atoms with Gasteiger partial charge in [0.25, 0.3) is 0 Å². The van der Waals surface area contributed by atoms with Crippen molar-refractivity contribution in [3.05, 3.63) is 53.7 Å². The van der Waals surface area contributed by atoms with Gasteiger partial charge in [-0.1, -0.05) is 23.7 Å². The zero-order valence-electron chi connectivity index (χ0n) is 12.8.